The molecule has 134 valence electrons. The molecule has 0 saturated heterocycles. The maximum Gasteiger partial charge on any atom is 0.256 e. The Morgan fingerprint density at radius 1 is 1.12 bits per heavy atom. The quantitative estimate of drug-likeness (QED) is 0.690. The number of amides is 1. The van der Waals surface area contributed by atoms with Crippen LogP contribution in [0, 0.1) is 17.5 Å². The van der Waals surface area contributed by atoms with Gasteiger partial charge >= 0.3 is 0 Å². The molecule has 0 bridgehead atoms. The van der Waals surface area contributed by atoms with E-state index in [9.17, 15) is 18.0 Å². The van der Waals surface area contributed by atoms with E-state index in [1.54, 1.807) is 7.05 Å². The highest BCUT2D eigenvalue weighted by molar-refractivity contribution is 5.94. The normalized spacial score (nSPS) is 15.2. The molecule has 26 heavy (non-hydrogen) atoms. The summed E-state index contributed by atoms with van der Waals surface area (Å²) in [6.45, 7) is 0.381. The van der Waals surface area contributed by atoms with Gasteiger partial charge in [-0.25, -0.2) is 13.2 Å². The van der Waals surface area contributed by atoms with Crippen molar-refractivity contribution in [2.75, 3.05) is 13.6 Å². The van der Waals surface area contributed by atoms with Crippen molar-refractivity contribution in [3.63, 3.8) is 0 Å². The second kappa shape index (κ2) is 5.90. The van der Waals surface area contributed by atoms with E-state index in [2.05, 4.69) is 4.98 Å². The van der Waals surface area contributed by atoms with Crippen LogP contribution in [0.25, 0.3) is 10.9 Å². The Bertz CT molecular complexity index is 1010. The van der Waals surface area contributed by atoms with Crippen LogP contribution in [0.15, 0.2) is 42.6 Å². The van der Waals surface area contributed by atoms with E-state index >= 15 is 0 Å². The van der Waals surface area contributed by atoms with E-state index in [4.69, 9.17) is 0 Å². The fourth-order valence-corrected chi connectivity index (χ4v) is 3.60. The van der Waals surface area contributed by atoms with Gasteiger partial charge in [0.15, 0.2) is 17.5 Å². The molecule has 1 fully saturated rings. The Morgan fingerprint density at radius 3 is 2.58 bits per heavy atom. The molecule has 0 unspecified atom stereocenters. The number of aromatic amines is 1. The number of halogens is 3. The smallest absolute Gasteiger partial charge is 0.256 e. The molecule has 1 N–H and O–H groups in total. The summed E-state index contributed by atoms with van der Waals surface area (Å²) in [5.74, 6) is -5.03. The molecule has 3 nitrogen and oxygen atoms in total. The molecule has 4 rings (SSSR count). The van der Waals surface area contributed by atoms with Gasteiger partial charge < -0.3 is 9.88 Å². The Morgan fingerprint density at radius 2 is 1.85 bits per heavy atom. The maximum atomic E-state index is 13.9. The number of para-hydroxylation sites is 1. The number of nitrogens with zero attached hydrogens (tertiary/aromatic N) is 1. The first-order valence-electron chi connectivity index (χ1n) is 8.38. The van der Waals surface area contributed by atoms with Crippen molar-refractivity contribution in [1.29, 1.82) is 0 Å². The van der Waals surface area contributed by atoms with E-state index in [-0.39, 0.29) is 5.41 Å². The van der Waals surface area contributed by atoms with Crippen LogP contribution in [-0.4, -0.2) is 29.4 Å². The van der Waals surface area contributed by atoms with Gasteiger partial charge in [-0.2, -0.15) is 0 Å². The molecule has 0 spiro atoms. The SMILES string of the molecule is CN(CC1(c2c[nH]c3ccccc23)CC1)C(=O)c1ccc(F)c(F)c1F. The Balaban J connectivity index is 1.61. The molecule has 1 saturated carbocycles. The van der Waals surface area contributed by atoms with Gasteiger partial charge in [-0.15, -0.1) is 0 Å². The summed E-state index contributed by atoms with van der Waals surface area (Å²) in [6.07, 6.45) is 3.77. The van der Waals surface area contributed by atoms with E-state index in [0.717, 1.165) is 41.4 Å². The van der Waals surface area contributed by atoms with Crippen molar-refractivity contribution in [2.24, 2.45) is 0 Å². The number of benzene rings is 2. The minimum absolute atomic E-state index is 0.195. The van der Waals surface area contributed by atoms with Crippen molar-refractivity contribution in [3.05, 3.63) is 71.2 Å². The minimum Gasteiger partial charge on any atom is -0.361 e. The van der Waals surface area contributed by atoms with Crippen LogP contribution in [0.5, 0.6) is 0 Å². The van der Waals surface area contributed by atoms with Gasteiger partial charge in [0, 0.05) is 36.1 Å². The minimum atomic E-state index is -1.62. The predicted molar refractivity (Wildman–Crippen MR) is 92.5 cm³/mol. The summed E-state index contributed by atoms with van der Waals surface area (Å²) in [4.78, 5) is 17.2. The molecule has 1 aliphatic carbocycles. The largest absolute Gasteiger partial charge is 0.361 e. The van der Waals surface area contributed by atoms with E-state index in [1.807, 2.05) is 30.5 Å². The highest BCUT2D eigenvalue weighted by atomic mass is 19.2. The number of aromatic nitrogens is 1. The van der Waals surface area contributed by atoms with Gasteiger partial charge in [0.25, 0.3) is 5.91 Å². The lowest BCUT2D eigenvalue weighted by Crippen LogP contribution is -2.35. The van der Waals surface area contributed by atoms with Crippen LogP contribution in [0.1, 0.15) is 28.8 Å². The lowest BCUT2D eigenvalue weighted by Gasteiger charge is -2.24. The fourth-order valence-electron chi connectivity index (χ4n) is 3.60. The number of hydrogen-bond donors (Lipinski definition) is 1. The van der Waals surface area contributed by atoms with Crippen LogP contribution in [0.4, 0.5) is 13.2 Å². The topological polar surface area (TPSA) is 36.1 Å². The van der Waals surface area contributed by atoms with E-state index in [1.165, 1.54) is 4.90 Å². The molecule has 2 aromatic carbocycles. The van der Waals surface area contributed by atoms with Gasteiger partial charge in [-0.3, -0.25) is 4.79 Å². The van der Waals surface area contributed by atoms with Gasteiger partial charge in [-0.05, 0) is 36.6 Å². The number of hydrogen-bond acceptors (Lipinski definition) is 1. The highest BCUT2D eigenvalue weighted by Gasteiger charge is 2.47. The zero-order chi connectivity index (χ0) is 18.5. The van der Waals surface area contributed by atoms with Gasteiger partial charge in [0.2, 0.25) is 0 Å². The first kappa shape index (κ1) is 16.7. The third-order valence-electron chi connectivity index (χ3n) is 5.17. The Kier molecular flexibility index (Phi) is 3.79. The molecule has 3 aromatic rings. The maximum absolute atomic E-state index is 13.9. The Labute approximate surface area is 148 Å². The molecule has 0 radical (unpaired) electrons. The molecular weight excluding hydrogens is 341 g/mol. The fraction of sp³-hybridized carbons (Fsp3) is 0.250. The summed E-state index contributed by atoms with van der Waals surface area (Å²) >= 11 is 0. The zero-order valence-corrected chi connectivity index (χ0v) is 14.2. The number of carbonyl (C=O) groups excluding carboxylic acids is 1. The average Bonchev–Trinajstić information content (AvgIpc) is 3.27. The van der Waals surface area contributed by atoms with Crippen molar-refractivity contribution in [2.45, 2.75) is 18.3 Å². The van der Waals surface area contributed by atoms with Gasteiger partial charge in [0.1, 0.15) is 0 Å². The van der Waals surface area contributed by atoms with Gasteiger partial charge in [0.05, 0.1) is 5.56 Å². The summed E-state index contributed by atoms with van der Waals surface area (Å²) in [6, 6.07) is 9.67. The third-order valence-corrected chi connectivity index (χ3v) is 5.17. The van der Waals surface area contributed by atoms with Crippen molar-refractivity contribution in [1.82, 2.24) is 9.88 Å². The molecule has 1 aliphatic rings. The molecule has 6 heteroatoms. The average molecular weight is 358 g/mol. The van der Waals surface area contributed by atoms with E-state index in [0.29, 0.717) is 6.54 Å². The summed E-state index contributed by atoms with van der Waals surface area (Å²) in [5.41, 5.74) is 1.49. The van der Waals surface area contributed by atoms with Crippen molar-refractivity contribution < 1.29 is 18.0 Å². The molecule has 1 heterocycles. The first-order chi connectivity index (χ1) is 12.4. The number of likely N-dealkylation sites (N-methyl/N-ethyl adjacent to an activating group) is 1. The summed E-state index contributed by atoms with van der Waals surface area (Å²) in [5, 5.41) is 1.10. The second-order valence-electron chi connectivity index (χ2n) is 6.91. The number of carbonyl (C=O) groups is 1. The number of rotatable bonds is 4. The summed E-state index contributed by atoms with van der Waals surface area (Å²) < 4.78 is 40.5. The zero-order valence-electron chi connectivity index (χ0n) is 14.2. The number of fused-ring (bicyclic) bond motifs is 1. The first-order valence-corrected chi connectivity index (χ1v) is 8.38. The molecule has 0 atom stereocenters. The molecular formula is C20H17F3N2O. The van der Waals surface area contributed by atoms with Crippen LogP contribution < -0.4 is 0 Å². The van der Waals surface area contributed by atoms with E-state index < -0.39 is 28.9 Å². The standard InChI is InChI=1S/C20H17F3N2O/c1-25(19(26)13-6-7-15(21)18(23)17(13)22)11-20(8-9-20)14-10-24-16-5-3-2-4-12(14)16/h2-7,10,24H,8-9,11H2,1H3. The lowest BCUT2D eigenvalue weighted by molar-refractivity contribution is 0.0775. The third kappa shape index (κ3) is 2.57. The lowest BCUT2D eigenvalue weighted by atomic mass is 9.94. The van der Waals surface area contributed by atoms with Crippen LogP contribution in [0.2, 0.25) is 0 Å². The number of nitrogens with one attached hydrogen (secondary N) is 1. The van der Waals surface area contributed by atoms with Crippen molar-refractivity contribution >= 4 is 16.8 Å². The molecule has 0 aliphatic heterocycles. The highest BCUT2D eigenvalue weighted by Crippen LogP contribution is 2.50. The molecule has 1 aromatic heterocycles. The van der Waals surface area contributed by atoms with Crippen molar-refractivity contribution in [3.8, 4) is 0 Å². The Hall–Kier alpha value is -2.76. The van der Waals surface area contributed by atoms with Gasteiger partial charge in [-0.1, -0.05) is 18.2 Å². The van der Waals surface area contributed by atoms with Crippen LogP contribution >= 0.6 is 0 Å². The number of H-pyrrole nitrogens is 1. The molecule has 1 amide bonds. The van der Waals surface area contributed by atoms with Crippen LogP contribution in [-0.2, 0) is 5.41 Å². The summed E-state index contributed by atoms with van der Waals surface area (Å²) in [7, 11) is 1.55. The monoisotopic (exact) mass is 358 g/mol. The van der Waals surface area contributed by atoms with Crippen LogP contribution in [0.3, 0.4) is 0 Å². The second-order valence-corrected chi connectivity index (χ2v) is 6.91. The predicted octanol–water partition coefficient (Wildman–Crippen LogP) is 4.39.